The molecule has 1 aliphatic heterocycles. The number of benzene rings is 1. The molecule has 0 radical (unpaired) electrons. The molecule has 29 heavy (non-hydrogen) atoms. The Kier molecular flexibility index (Phi) is 4.94. The van der Waals surface area contributed by atoms with Crippen molar-refractivity contribution < 1.29 is 19.1 Å². The zero-order valence-corrected chi connectivity index (χ0v) is 16.1. The standard InChI is InChI=1S/C20H21N5O4/c1-28-14-6-3-5-13(11-14)24-9-10-25-18(24)12-17(23-25)22-19(26)15-7-4-8-16(15)21-20(27)29-2/h3-6,8,11-12H,7,9-10H2,1-2H3,(H,21,27)(H,22,23,26). The van der Waals surface area contributed by atoms with Crippen molar-refractivity contribution in [3.05, 3.63) is 53.8 Å². The van der Waals surface area contributed by atoms with Crippen LogP contribution in [0.15, 0.2) is 53.8 Å². The molecule has 0 spiro atoms. The molecule has 0 unspecified atom stereocenters. The summed E-state index contributed by atoms with van der Waals surface area (Å²) in [6, 6.07) is 9.63. The fourth-order valence-corrected chi connectivity index (χ4v) is 3.39. The van der Waals surface area contributed by atoms with Gasteiger partial charge in [0.2, 0.25) is 0 Å². The van der Waals surface area contributed by atoms with Crippen LogP contribution in [0.5, 0.6) is 5.75 Å². The summed E-state index contributed by atoms with van der Waals surface area (Å²) in [6.07, 6.45) is 3.29. The number of rotatable bonds is 5. The molecule has 2 heterocycles. The number of nitrogens with zero attached hydrogens (tertiary/aromatic N) is 3. The molecule has 1 aliphatic carbocycles. The molecule has 0 fully saturated rings. The number of hydrogen-bond acceptors (Lipinski definition) is 6. The lowest BCUT2D eigenvalue weighted by molar-refractivity contribution is -0.113. The molecule has 2 N–H and O–H groups in total. The average Bonchev–Trinajstić information content (AvgIpc) is 3.43. The monoisotopic (exact) mass is 395 g/mol. The van der Waals surface area contributed by atoms with E-state index >= 15 is 0 Å². The molecule has 1 aromatic heterocycles. The van der Waals surface area contributed by atoms with E-state index < -0.39 is 6.09 Å². The highest BCUT2D eigenvalue weighted by Gasteiger charge is 2.25. The molecule has 0 atom stereocenters. The first-order valence-corrected chi connectivity index (χ1v) is 9.14. The summed E-state index contributed by atoms with van der Waals surface area (Å²) >= 11 is 0. The molecular weight excluding hydrogens is 374 g/mol. The van der Waals surface area contributed by atoms with Crippen LogP contribution in [0.25, 0.3) is 0 Å². The maximum Gasteiger partial charge on any atom is 0.411 e. The van der Waals surface area contributed by atoms with Crippen LogP contribution in [0, 0.1) is 0 Å². The summed E-state index contributed by atoms with van der Waals surface area (Å²) in [6.45, 7) is 1.49. The van der Waals surface area contributed by atoms with Crippen molar-refractivity contribution in [3.8, 4) is 5.75 Å². The smallest absolute Gasteiger partial charge is 0.411 e. The first kappa shape index (κ1) is 18.6. The maximum atomic E-state index is 12.7. The van der Waals surface area contributed by atoms with E-state index in [0.29, 0.717) is 30.1 Å². The van der Waals surface area contributed by atoms with Crippen LogP contribution < -0.4 is 20.3 Å². The number of ether oxygens (including phenoxy) is 2. The molecule has 9 nitrogen and oxygen atoms in total. The Balaban J connectivity index is 1.51. The Bertz CT molecular complexity index is 1020. The topological polar surface area (TPSA) is 97.7 Å². The summed E-state index contributed by atoms with van der Waals surface area (Å²) in [7, 11) is 2.91. The second kappa shape index (κ2) is 7.70. The summed E-state index contributed by atoms with van der Waals surface area (Å²) in [4.78, 5) is 26.2. The van der Waals surface area contributed by atoms with Crippen LogP contribution in [0.4, 0.5) is 22.1 Å². The molecule has 0 bridgehead atoms. The molecule has 150 valence electrons. The summed E-state index contributed by atoms with van der Waals surface area (Å²) < 4.78 is 11.7. The number of methoxy groups -OCH3 is 2. The summed E-state index contributed by atoms with van der Waals surface area (Å²) in [5, 5.41) is 9.85. The third-order valence-electron chi connectivity index (χ3n) is 4.81. The van der Waals surface area contributed by atoms with Crippen LogP contribution in [0.3, 0.4) is 0 Å². The van der Waals surface area contributed by atoms with E-state index in [1.165, 1.54) is 7.11 Å². The molecule has 4 rings (SSSR count). The predicted octanol–water partition coefficient (Wildman–Crippen LogP) is 2.55. The Morgan fingerprint density at radius 1 is 1.14 bits per heavy atom. The lowest BCUT2D eigenvalue weighted by atomic mass is 10.2. The zero-order chi connectivity index (χ0) is 20.4. The number of amides is 2. The second-order valence-electron chi connectivity index (χ2n) is 6.53. The number of anilines is 3. The highest BCUT2D eigenvalue weighted by atomic mass is 16.5. The number of hydrogen-bond donors (Lipinski definition) is 2. The van der Waals surface area contributed by atoms with Crippen LogP contribution in [0.1, 0.15) is 6.42 Å². The van der Waals surface area contributed by atoms with Crippen molar-refractivity contribution in [2.45, 2.75) is 13.0 Å². The number of carbonyl (C=O) groups is 2. The third-order valence-corrected chi connectivity index (χ3v) is 4.81. The minimum absolute atomic E-state index is 0.314. The number of allylic oxidation sites excluding steroid dienone is 2. The highest BCUT2D eigenvalue weighted by Crippen LogP contribution is 2.33. The third kappa shape index (κ3) is 3.66. The van der Waals surface area contributed by atoms with Crippen LogP contribution in [0.2, 0.25) is 0 Å². The largest absolute Gasteiger partial charge is 0.497 e. The Hall–Kier alpha value is -3.75. The first-order valence-electron chi connectivity index (χ1n) is 9.14. The van der Waals surface area contributed by atoms with Crippen molar-refractivity contribution in [1.29, 1.82) is 0 Å². The van der Waals surface area contributed by atoms with Gasteiger partial charge in [-0.05, 0) is 24.6 Å². The summed E-state index contributed by atoms with van der Waals surface area (Å²) in [5.41, 5.74) is 1.88. The van der Waals surface area contributed by atoms with E-state index in [0.717, 1.165) is 23.8 Å². The minimum Gasteiger partial charge on any atom is -0.497 e. The number of aromatic nitrogens is 2. The lowest BCUT2D eigenvalue weighted by Gasteiger charge is -2.17. The van der Waals surface area contributed by atoms with Gasteiger partial charge in [0.25, 0.3) is 5.91 Å². The van der Waals surface area contributed by atoms with Gasteiger partial charge in [-0.2, -0.15) is 5.10 Å². The molecule has 2 aromatic rings. The number of alkyl carbamates (subject to hydrolysis) is 1. The van der Waals surface area contributed by atoms with Gasteiger partial charge in [-0.25, -0.2) is 9.48 Å². The fourth-order valence-electron chi connectivity index (χ4n) is 3.39. The fraction of sp³-hybridized carbons (Fsp3) is 0.250. The molecule has 2 amide bonds. The van der Waals surface area contributed by atoms with Gasteiger partial charge in [-0.3, -0.25) is 10.1 Å². The van der Waals surface area contributed by atoms with Crippen LogP contribution in [-0.4, -0.2) is 42.5 Å². The number of nitrogens with one attached hydrogen (secondary N) is 2. The van der Waals surface area contributed by atoms with Gasteiger partial charge in [0.1, 0.15) is 11.6 Å². The van der Waals surface area contributed by atoms with Gasteiger partial charge in [-0.1, -0.05) is 12.1 Å². The normalized spacial score (nSPS) is 14.8. The van der Waals surface area contributed by atoms with Crippen molar-refractivity contribution in [2.24, 2.45) is 0 Å². The second-order valence-corrected chi connectivity index (χ2v) is 6.53. The highest BCUT2D eigenvalue weighted by molar-refractivity contribution is 6.05. The molecular formula is C20H21N5O4. The maximum absolute atomic E-state index is 12.7. The van der Waals surface area contributed by atoms with Gasteiger partial charge >= 0.3 is 6.09 Å². The molecule has 0 saturated carbocycles. The number of carbonyl (C=O) groups excluding carboxylic acids is 2. The predicted molar refractivity (Wildman–Crippen MR) is 107 cm³/mol. The molecule has 1 aromatic carbocycles. The molecule has 2 aliphatic rings. The van der Waals surface area contributed by atoms with Gasteiger partial charge < -0.3 is 19.7 Å². The van der Waals surface area contributed by atoms with E-state index in [1.54, 1.807) is 19.3 Å². The number of fused-ring (bicyclic) bond motifs is 1. The summed E-state index contributed by atoms with van der Waals surface area (Å²) in [5.74, 6) is 1.81. The van der Waals surface area contributed by atoms with Crippen molar-refractivity contribution in [1.82, 2.24) is 15.1 Å². The van der Waals surface area contributed by atoms with E-state index in [1.807, 2.05) is 35.0 Å². The quantitative estimate of drug-likeness (QED) is 0.808. The van der Waals surface area contributed by atoms with Gasteiger partial charge in [0.05, 0.1) is 26.5 Å². The van der Waals surface area contributed by atoms with Gasteiger partial charge in [0.15, 0.2) is 5.82 Å². The van der Waals surface area contributed by atoms with Crippen molar-refractivity contribution >= 4 is 29.3 Å². The molecule has 0 saturated heterocycles. The molecule has 9 heteroatoms. The average molecular weight is 395 g/mol. The van der Waals surface area contributed by atoms with Gasteiger partial charge in [0, 0.05) is 29.9 Å². The zero-order valence-electron chi connectivity index (χ0n) is 16.1. The van der Waals surface area contributed by atoms with Crippen LogP contribution in [-0.2, 0) is 16.1 Å². The van der Waals surface area contributed by atoms with Crippen molar-refractivity contribution in [3.63, 3.8) is 0 Å². The van der Waals surface area contributed by atoms with E-state index in [2.05, 4.69) is 25.4 Å². The SMILES string of the molecule is COC(=O)NC1=C(C(=O)Nc2cc3n(n2)CCN3c2cccc(OC)c2)CC=C1. The first-order chi connectivity index (χ1) is 14.1. The van der Waals surface area contributed by atoms with Crippen LogP contribution >= 0.6 is 0 Å². The van der Waals surface area contributed by atoms with E-state index in [9.17, 15) is 9.59 Å². The van der Waals surface area contributed by atoms with E-state index in [4.69, 9.17) is 4.74 Å². The minimum atomic E-state index is -0.619. The Morgan fingerprint density at radius 3 is 2.79 bits per heavy atom. The van der Waals surface area contributed by atoms with E-state index in [-0.39, 0.29) is 5.91 Å². The Morgan fingerprint density at radius 2 is 2.00 bits per heavy atom. The lowest BCUT2D eigenvalue weighted by Crippen LogP contribution is -2.25. The Labute approximate surface area is 167 Å². The van der Waals surface area contributed by atoms with Gasteiger partial charge in [-0.15, -0.1) is 0 Å². The van der Waals surface area contributed by atoms with Crippen molar-refractivity contribution in [2.75, 3.05) is 31.0 Å².